The van der Waals surface area contributed by atoms with E-state index in [1.165, 1.54) is 0 Å². The van der Waals surface area contributed by atoms with E-state index in [1.54, 1.807) is 29.3 Å². The first-order valence-electron chi connectivity index (χ1n) is 9.04. The Balaban J connectivity index is 1.56. The molecule has 0 aliphatic carbocycles. The first-order chi connectivity index (χ1) is 13.5. The van der Waals surface area contributed by atoms with Crippen LogP contribution in [-0.2, 0) is 21.5 Å². The second kappa shape index (κ2) is 5.76. The second-order valence-electron chi connectivity index (χ2n) is 7.46. The van der Waals surface area contributed by atoms with Gasteiger partial charge in [0.05, 0.1) is 6.42 Å². The molecule has 1 N–H and O–H groups in total. The normalized spacial score (nSPS) is 21.5. The molecule has 5 rings (SSSR count). The summed E-state index contributed by atoms with van der Waals surface area (Å²) in [6.45, 7) is 2.40. The Morgan fingerprint density at radius 2 is 2.07 bits per heavy atom. The highest BCUT2D eigenvalue weighted by atomic mass is 16.3. The number of carbonyl (C=O) groups excluding carboxylic acids is 3. The van der Waals surface area contributed by atoms with Crippen molar-refractivity contribution in [2.45, 2.75) is 25.3 Å². The number of imide groups is 1. The molecule has 4 heterocycles. The Kier molecular flexibility index (Phi) is 3.43. The third-order valence-electron chi connectivity index (χ3n) is 5.51. The summed E-state index contributed by atoms with van der Waals surface area (Å²) in [5, 5.41) is 2.37. The highest BCUT2D eigenvalue weighted by Crippen LogP contribution is 2.38. The molecule has 2 aliphatic rings. The number of fused-ring (bicyclic) bond motifs is 2. The Morgan fingerprint density at radius 1 is 1.21 bits per heavy atom. The molecule has 3 aromatic rings. The zero-order chi connectivity index (χ0) is 19.5. The van der Waals surface area contributed by atoms with Gasteiger partial charge in [0, 0.05) is 30.9 Å². The van der Waals surface area contributed by atoms with Crippen molar-refractivity contribution in [2.24, 2.45) is 0 Å². The van der Waals surface area contributed by atoms with Crippen LogP contribution in [-0.4, -0.2) is 34.2 Å². The number of hydrogen-bond donors (Lipinski definition) is 1. The fourth-order valence-electron chi connectivity index (χ4n) is 4.08. The van der Waals surface area contributed by atoms with Gasteiger partial charge in [0.15, 0.2) is 5.58 Å². The molecule has 28 heavy (non-hydrogen) atoms. The topological polar surface area (TPSA) is 92.5 Å². The molecule has 2 aromatic heterocycles. The maximum Gasteiger partial charge on any atom is 0.254 e. The minimum atomic E-state index is -1.26. The van der Waals surface area contributed by atoms with E-state index in [1.807, 2.05) is 25.1 Å². The van der Waals surface area contributed by atoms with Gasteiger partial charge in [-0.25, -0.2) is 0 Å². The van der Waals surface area contributed by atoms with E-state index in [0.717, 1.165) is 11.1 Å². The lowest BCUT2D eigenvalue weighted by molar-refractivity contribution is -0.126. The number of rotatable bonds is 3. The van der Waals surface area contributed by atoms with Gasteiger partial charge < -0.3 is 9.32 Å². The maximum absolute atomic E-state index is 12.9. The van der Waals surface area contributed by atoms with E-state index in [2.05, 4.69) is 10.3 Å². The van der Waals surface area contributed by atoms with Crippen LogP contribution in [0.1, 0.15) is 33.7 Å². The molecule has 1 atom stereocenters. The molecule has 0 radical (unpaired) electrons. The van der Waals surface area contributed by atoms with Crippen molar-refractivity contribution in [3.05, 3.63) is 65.0 Å². The molecular formula is C21H17N3O4. The maximum atomic E-state index is 12.9. The molecular weight excluding hydrogens is 358 g/mol. The lowest BCUT2D eigenvalue weighted by Crippen LogP contribution is -2.46. The van der Waals surface area contributed by atoms with Crippen molar-refractivity contribution >= 4 is 28.8 Å². The summed E-state index contributed by atoms with van der Waals surface area (Å²) in [6.07, 6.45) is 1.57. The molecule has 3 amide bonds. The molecule has 1 aromatic carbocycles. The molecule has 1 fully saturated rings. The number of nitrogens with zero attached hydrogens (tertiary/aromatic N) is 2. The predicted molar refractivity (Wildman–Crippen MR) is 99.4 cm³/mol. The molecule has 140 valence electrons. The summed E-state index contributed by atoms with van der Waals surface area (Å²) in [6, 6.07) is 10.9. The van der Waals surface area contributed by atoms with Gasteiger partial charge in [-0.3, -0.25) is 24.7 Å². The summed E-state index contributed by atoms with van der Waals surface area (Å²) in [5.74, 6) is -0.612. The van der Waals surface area contributed by atoms with Gasteiger partial charge in [0.25, 0.3) is 5.91 Å². The van der Waals surface area contributed by atoms with Crippen LogP contribution in [0.2, 0.25) is 0 Å². The molecule has 7 heteroatoms. The third kappa shape index (κ3) is 2.36. The van der Waals surface area contributed by atoms with E-state index < -0.39 is 11.3 Å². The molecule has 0 spiro atoms. The largest absolute Gasteiger partial charge is 0.458 e. The molecule has 2 aliphatic heterocycles. The summed E-state index contributed by atoms with van der Waals surface area (Å²) < 4.78 is 5.90. The Morgan fingerprint density at radius 3 is 2.82 bits per heavy atom. The summed E-state index contributed by atoms with van der Waals surface area (Å²) in [4.78, 5) is 43.7. The second-order valence-corrected chi connectivity index (χ2v) is 7.46. The van der Waals surface area contributed by atoms with Crippen LogP contribution in [0.3, 0.4) is 0 Å². The minimum absolute atomic E-state index is 0.0647. The smallest absolute Gasteiger partial charge is 0.254 e. The van der Waals surface area contributed by atoms with Crippen LogP contribution >= 0.6 is 0 Å². The average Bonchev–Trinajstić information content (AvgIpc) is 3.31. The lowest BCUT2D eigenvalue weighted by Gasteiger charge is -2.28. The molecule has 0 bridgehead atoms. The van der Waals surface area contributed by atoms with E-state index in [9.17, 15) is 14.4 Å². The monoisotopic (exact) mass is 375 g/mol. The lowest BCUT2D eigenvalue weighted by atomic mass is 9.82. The number of carbonyl (C=O) groups is 3. The zero-order valence-corrected chi connectivity index (χ0v) is 15.2. The van der Waals surface area contributed by atoms with Crippen LogP contribution in [0.15, 0.2) is 47.0 Å². The molecule has 1 saturated heterocycles. The summed E-state index contributed by atoms with van der Waals surface area (Å²) >= 11 is 0. The van der Waals surface area contributed by atoms with Crippen LogP contribution in [0.5, 0.6) is 0 Å². The number of amides is 3. The number of aromatic nitrogens is 1. The quantitative estimate of drug-likeness (QED) is 0.708. The molecule has 0 saturated carbocycles. The predicted octanol–water partition coefficient (Wildman–Crippen LogP) is 2.08. The Hall–Kier alpha value is -3.48. The average molecular weight is 375 g/mol. The van der Waals surface area contributed by atoms with E-state index in [4.69, 9.17) is 4.42 Å². The van der Waals surface area contributed by atoms with Gasteiger partial charge >= 0.3 is 0 Å². The Labute approximate surface area is 160 Å². The third-order valence-corrected chi connectivity index (χ3v) is 5.51. The van der Waals surface area contributed by atoms with Crippen molar-refractivity contribution in [2.75, 3.05) is 6.54 Å². The van der Waals surface area contributed by atoms with E-state index in [-0.39, 0.29) is 24.8 Å². The van der Waals surface area contributed by atoms with Crippen molar-refractivity contribution in [1.29, 1.82) is 0 Å². The summed E-state index contributed by atoms with van der Waals surface area (Å²) in [7, 11) is 0. The van der Waals surface area contributed by atoms with Gasteiger partial charge in [-0.15, -0.1) is 0 Å². The number of furan rings is 1. The zero-order valence-electron chi connectivity index (χ0n) is 15.2. The summed E-state index contributed by atoms with van der Waals surface area (Å²) in [5.41, 5.74) is 2.45. The first-order valence-corrected chi connectivity index (χ1v) is 9.04. The fraction of sp³-hybridized carbons (Fsp3) is 0.238. The van der Waals surface area contributed by atoms with Gasteiger partial charge in [0.2, 0.25) is 11.8 Å². The SMILES string of the molecule is Cc1ccc2c(c1)C(=O)N(C[C@@]1(c3cc4ncccc4o3)CC(=O)NC1=O)C2. The van der Waals surface area contributed by atoms with Crippen LogP contribution < -0.4 is 5.32 Å². The van der Waals surface area contributed by atoms with Crippen LogP contribution in [0, 0.1) is 6.92 Å². The fourth-order valence-corrected chi connectivity index (χ4v) is 4.08. The highest BCUT2D eigenvalue weighted by Gasteiger charge is 2.53. The van der Waals surface area contributed by atoms with Gasteiger partial charge in [-0.1, -0.05) is 17.7 Å². The van der Waals surface area contributed by atoms with Gasteiger partial charge in [-0.2, -0.15) is 0 Å². The van der Waals surface area contributed by atoms with Gasteiger partial charge in [0.1, 0.15) is 16.7 Å². The number of benzene rings is 1. The number of nitrogens with one attached hydrogen (secondary N) is 1. The number of pyridine rings is 1. The van der Waals surface area contributed by atoms with Gasteiger partial charge in [-0.05, 0) is 30.7 Å². The number of aryl methyl sites for hydroxylation is 1. The van der Waals surface area contributed by atoms with Crippen LogP contribution in [0.25, 0.3) is 11.1 Å². The molecule has 0 unspecified atom stereocenters. The van der Waals surface area contributed by atoms with Crippen molar-refractivity contribution in [3.8, 4) is 0 Å². The first kappa shape index (κ1) is 16.7. The Bertz CT molecular complexity index is 1130. The van der Waals surface area contributed by atoms with Crippen LogP contribution in [0.4, 0.5) is 0 Å². The standard InChI is InChI=1S/C21H17N3O4/c1-12-4-5-13-10-24(19(26)14(13)7-12)11-21(9-18(25)23-20(21)27)17-8-15-16(28-17)3-2-6-22-15/h2-8H,9-11H2,1H3,(H,23,25,27)/t21-/m1/s1. The van der Waals surface area contributed by atoms with Crippen molar-refractivity contribution < 1.29 is 18.8 Å². The van der Waals surface area contributed by atoms with E-state index in [0.29, 0.717) is 29.0 Å². The van der Waals surface area contributed by atoms with Crippen molar-refractivity contribution in [1.82, 2.24) is 15.2 Å². The molecule has 7 nitrogen and oxygen atoms in total. The van der Waals surface area contributed by atoms with Crippen molar-refractivity contribution in [3.63, 3.8) is 0 Å². The highest BCUT2D eigenvalue weighted by molar-refractivity contribution is 6.09. The number of hydrogen-bond acceptors (Lipinski definition) is 5. The minimum Gasteiger partial charge on any atom is -0.458 e. The van der Waals surface area contributed by atoms with E-state index >= 15 is 0 Å².